The molecule has 0 aromatic heterocycles. The molecule has 2 aliphatic heterocycles. The predicted octanol–water partition coefficient (Wildman–Crippen LogP) is 2.95. The molecule has 0 radical (unpaired) electrons. The molecule has 0 unspecified atom stereocenters. The largest absolute Gasteiger partial charge is 0.201 e. The number of rotatable bonds is 4. The Balaban J connectivity index is 2.07. The molecular weight excluding hydrogens is 220 g/mol. The van der Waals surface area contributed by atoms with Crippen molar-refractivity contribution >= 4 is 0 Å². The molecule has 2 heteroatoms. The first-order chi connectivity index (χ1) is 8.83. The maximum Gasteiger partial charge on any atom is 0.153 e. The van der Waals surface area contributed by atoms with E-state index in [1.807, 2.05) is 46.5 Å². The van der Waals surface area contributed by atoms with Gasteiger partial charge in [0, 0.05) is 0 Å². The summed E-state index contributed by atoms with van der Waals surface area (Å²) in [4.78, 5) is 3.92. The highest BCUT2D eigenvalue weighted by molar-refractivity contribution is 5.47. The molecule has 2 aliphatic rings. The molecule has 2 nitrogen and oxygen atoms in total. The second-order valence-electron chi connectivity index (χ2n) is 3.97. The first-order valence-corrected chi connectivity index (χ1v) is 5.88. The summed E-state index contributed by atoms with van der Waals surface area (Å²) in [5, 5.41) is 0. The van der Waals surface area contributed by atoms with Crippen molar-refractivity contribution in [2.75, 3.05) is 13.1 Å². The van der Waals surface area contributed by atoms with Gasteiger partial charge in [-0.25, -0.2) is 9.80 Å². The van der Waals surface area contributed by atoms with Crippen molar-refractivity contribution in [2.45, 2.75) is 0 Å². The molecule has 0 aliphatic carbocycles. The zero-order valence-electron chi connectivity index (χ0n) is 10.3. The Morgan fingerprint density at radius 1 is 0.889 bits per heavy atom. The lowest BCUT2D eigenvalue weighted by atomic mass is 10.0. The summed E-state index contributed by atoms with van der Waals surface area (Å²) >= 11 is 0. The Kier molecular flexibility index (Phi) is 3.88. The molecule has 2 rings (SSSR count). The standard InChI is InChI=1S/C16H16N2/c1-3-9-17-11-5-15(6-12-17)16-7-13-18(10-4-2)14-8-16/h3-8,11,13H,1-2,9-10H2/q+2. The van der Waals surface area contributed by atoms with Crippen LogP contribution >= 0.6 is 0 Å². The van der Waals surface area contributed by atoms with Crippen LogP contribution in [-0.2, 0) is 0 Å². The molecule has 0 saturated carbocycles. The fourth-order valence-corrected chi connectivity index (χ4v) is 1.69. The van der Waals surface area contributed by atoms with Gasteiger partial charge in [-0.3, -0.25) is 0 Å². The highest BCUT2D eigenvalue weighted by Gasteiger charge is 2.19. The average Bonchev–Trinajstić information content (AvgIpc) is 2.41. The van der Waals surface area contributed by atoms with Gasteiger partial charge in [-0.1, -0.05) is 12.2 Å². The normalized spacial score (nSPS) is 20.7. The maximum absolute atomic E-state index is 3.71. The molecule has 0 spiro atoms. The molecule has 2 heterocycles. The number of hydrogen-bond donors (Lipinski definition) is 0. The van der Waals surface area contributed by atoms with Gasteiger partial charge >= 0.3 is 0 Å². The monoisotopic (exact) mass is 236 g/mol. The van der Waals surface area contributed by atoms with Gasteiger partial charge in [-0.15, -0.1) is 13.2 Å². The topological polar surface area (TPSA) is 6.48 Å². The summed E-state index contributed by atoms with van der Waals surface area (Å²) in [6.07, 6.45) is 22.2. The molecule has 0 N–H and O–H groups in total. The van der Waals surface area contributed by atoms with Crippen LogP contribution in [0.1, 0.15) is 0 Å². The van der Waals surface area contributed by atoms with Crippen molar-refractivity contribution < 1.29 is 0 Å². The Bertz CT molecular complexity index is 399. The quantitative estimate of drug-likeness (QED) is 0.547. The van der Waals surface area contributed by atoms with E-state index in [4.69, 9.17) is 0 Å². The molecule has 0 saturated heterocycles. The summed E-state index contributed by atoms with van der Waals surface area (Å²) < 4.78 is 0. The van der Waals surface area contributed by atoms with E-state index in [1.165, 1.54) is 0 Å². The second-order valence-corrected chi connectivity index (χ2v) is 3.97. The van der Waals surface area contributed by atoms with E-state index < -0.39 is 0 Å². The first-order valence-electron chi connectivity index (χ1n) is 5.88. The zero-order chi connectivity index (χ0) is 12.8. The minimum absolute atomic E-state index is 0.778. The van der Waals surface area contributed by atoms with Crippen LogP contribution in [0.4, 0.5) is 0 Å². The number of nitrogens with zero attached hydrogens (tertiary/aromatic N) is 2. The average molecular weight is 236 g/mol. The lowest BCUT2D eigenvalue weighted by Crippen LogP contribution is -2.14. The van der Waals surface area contributed by atoms with Gasteiger partial charge in [0.05, 0.1) is 25.2 Å². The van der Waals surface area contributed by atoms with E-state index in [0.717, 1.165) is 24.2 Å². The van der Waals surface area contributed by atoms with Crippen molar-refractivity contribution in [3.05, 3.63) is 85.6 Å². The van der Waals surface area contributed by atoms with Crippen LogP contribution in [-0.4, -0.2) is 22.9 Å². The lowest BCUT2D eigenvalue weighted by Gasteiger charge is -2.07. The highest BCUT2D eigenvalue weighted by atomic mass is 15.1. The third-order valence-corrected chi connectivity index (χ3v) is 2.62. The van der Waals surface area contributed by atoms with Gasteiger partial charge in [0.2, 0.25) is 0 Å². The molecule has 0 amide bonds. The minimum atomic E-state index is 0.778. The van der Waals surface area contributed by atoms with Crippen LogP contribution in [0.3, 0.4) is 0 Å². The van der Waals surface area contributed by atoms with Crippen molar-refractivity contribution in [3.8, 4) is 0 Å². The van der Waals surface area contributed by atoms with E-state index in [-0.39, 0.29) is 0 Å². The van der Waals surface area contributed by atoms with Crippen molar-refractivity contribution in [3.63, 3.8) is 0 Å². The highest BCUT2D eigenvalue weighted by Crippen LogP contribution is 2.18. The van der Waals surface area contributed by atoms with Crippen molar-refractivity contribution in [2.24, 2.45) is 0 Å². The summed E-state index contributed by atoms with van der Waals surface area (Å²) in [5.74, 6) is 0. The van der Waals surface area contributed by atoms with Crippen molar-refractivity contribution in [1.29, 1.82) is 0 Å². The smallest absolute Gasteiger partial charge is 0.153 e. The molecule has 0 bridgehead atoms. The Hall–Kier alpha value is -2.40. The fourth-order valence-electron chi connectivity index (χ4n) is 1.69. The molecular formula is C16H16N2+2. The van der Waals surface area contributed by atoms with Gasteiger partial charge in [-0.2, -0.15) is 0 Å². The van der Waals surface area contributed by atoms with E-state index >= 15 is 0 Å². The third-order valence-electron chi connectivity index (χ3n) is 2.62. The van der Waals surface area contributed by atoms with Crippen LogP contribution in [0.2, 0.25) is 0 Å². The van der Waals surface area contributed by atoms with E-state index in [0.29, 0.717) is 0 Å². The third kappa shape index (κ3) is 2.83. The SMILES string of the molecule is C=CCN1[C+]=CC(=C2C=[C+]N(CC=C)C=C2)C=C1. The zero-order valence-corrected chi connectivity index (χ0v) is 10.3. The summed E-state index contributed by atoms with van der Waals surface area (Å²) in [6, 6.07) is 0. The molecule has 18 heavy (non-hydrogen) atoms. The van der Waals surface area contributed by atoms with E-state index in [2.05, 4.69) is 37.7 Å². The summed E-state index contributed by atoms with van der Waals surface area (Å²) in [6.45, 7) is 8.97. The van der Waals surface area contributed by atoms with Crippen LogP contribution in [0.25, 0.3) is 0 Å². The Labute approximate surface area is 109 Å². The lowest BCUT2D eigenvalue weighted by molar-refractivity contribution is 0.534. The van der Waals surface area contributed by atoms with Crippen LogP contribution in [0, 0.1) is 12.4 Å². The molecule has 0 fully saturated rings. The van der Waals surface area contributed by atoms with Crippen molar-refractivity contribution in [1.82, 2.24) is 9.80 Å². The minimum Gasteiger partial charge on any atom is -0.201 e. The Morgan fingerprint density at radius 3 is 1.61 bits per heavy atom. The first kappa shape index (κ1) is 12.1. The summed E-state index contributed by atoms with van der Waals surface area (Å²) in [7, 11) is 0. The van der Waals surface area contributed by atoms with Gasteiger partial charge in [0.1, 0.15) is 37.0 Å². The molecule has 0 atom stereocenters. The molecule has 88 valence electrons. The maximum atomic E-state index is 3.71. The molecule has 0 aromatic carbocycles. The molecule has 0 aromatic rings. The van der Waals surface area contributed by atoms with Gasteiger partial charge < -0.3 is 0 Å². The fraction of sp³-hybridized carbons (Fsp3) is 0.125. The number of hydrogen-bond acceptors (Lipinski definition) is 2. The number of allylic oxidation sites excluding steroid dienone is 6. The van der Waals surface area contributed by atoms with Gasteiger partial charge in [-0.05, 0) is 0 Å². The van der Waals surface area contributed by atoms with E-state index in [9.17, 15) is 0 Å². The van der Waals surface area contributed by atoms with Gasteiger partial charge in [0.15, 0.2) is 11.1 Å². The predicted molar refractivity (Wildman–Crippen MR) is 74.7 cm³/mol. The summed E-state index contributed by atoms with van der Waals surface area (Å²) in [5.41, 5.74) is 2.27. The van der Waals surface area contributed by atoms with Crippen LogP contribution in [0.15, 0.2) is 73.2 Å². The Morgan fingerprint density at radius 2 is 1.33 bits per heavy atom. The van der Waals surface area contributed by atoms with Crippen LogP contribution < -0.4 is 0 Å². The second kappa shape index (κ2) is 5.79. The van der Waals surface area contributed by atoms with Crippen LogP contribution in [0.5, 0.6) is 0 Å². The van der Waals surface area contributed by atoms with Gasteiger partial charge in [0.25, 0.3) is 0 Å². The van der Waals surface area contributed by atoms with E-state index in [1.54, 1.807) is 0 Å².